The van der Waals surface area contributed by atoms with Gasteiger partial charge in [-0.05, 0) is 49.2 Å². The Bertz CT molecular complexity index is 1220. The monoisotopic (exact) mass is 469 g/mol. The first-order chi connectivity index (χ1) is 16.0. The highest BCUT2D eigenvalue weighted by atomic mass is 35.5. The number of amides is 2. The first kappa shape index (κ1) is 21.6. The second-order valence-electron chi connectivity index (χ2n) is 8.16. The lowest BCUT2D eigenvalue weighted by molar-refractivity contribution is 0.0818. The molecule has 3 heterocycles. The van der Waals surface area contributed by atoms with Crippen LogP contribution in [0.5, 0.6) is 11.5 Å². The minimum Gasteiger partial charge on any atom is -0.486 e. The molecule has 2 N–H and O–H groups in total. The van der Waals surface area contributed by atoms with Crippen LogP contribution in [0.3, 0.4) is 0 Å². The van der Waals surface area contributed by atoms with Gasteiger partial charge in [0.2, 0.25) is 0 Å². The molecule has 0 saturated carbocycles. The van der Waals surface area contributed by atoms with Crippen LogP contribution in [-0.2, 0) is 11.3 Å². The number of benzene rings is 2. The Morgan fingerprint density at radius 1 is 1.09 bits per heavy atom. The van der Waals surface area contributed by atoms with Crippen molar-refractivity contribution in [2.24, 2.45) is 0 Å². The third-order valence-corrected chi connectivity index (χ3v) is 6.03. The molecule has 2 aromatic carbocycles. The zero-order chi connectivity index (χ0) is 22.8. The van der Waals surface area contributed by atoms with E-state index in [-0.39, 0.29) is 24.2 Å². The number of anilines is 1. The van der Waals surface area contributed by atoms with Gasteiger partial charge in [0.05, 0.1) is 18.2 Å². The number of aromatic nitrogens is 1. The minimum absolute atomic E-state index is 0.0573. The number of hydrogen-bond donors (Lipinski definition) is 2. The van der Waals surface area contributed by atoms with Crippen molar-refractivity contribution in [3.63, 3.8) is 0 Å². The highest BCUT2D eigenvalue weighted by Gasteiger charge is 2.24. The second-order valence-corrected chi connectivity index (χ2v) is 8.60. The molecule has 2 aliphatic rings. The fourth-order valence-corrected chi connectivity index (χ4v) is 4.23. The smallest absolute Gasteiger partial charge is 0.322 e. The highest BCUT2D eigenvalue weighted by Crippen LogP contribution is 2.33. The molecule has 172 valence electrons. The predicted molar refractivity (Wildman–Crippen MR) is 125 cm³/mol. The lowest BCUT2D eigenvalue weighted by Crippen LogP contribution is -2.40. The molecular formula is C24H24ClN3O5. The van der Waals surface area contributed by atoms with E-state index in [0.29, 0.717) is 59.7 Å². The molecule has 0 spiro atoms. The van der Waals surface area contributed by atoms with Gasteiger partial charge in [-0.25, -0.2) is 4.79 Å². The largest absolute Gasteiger partial charge is 0.486 e. The van der Waals surface area contributed by atoms with Gasteiger partial charge in [-0.2, -0.15) is 0 Å². The summed E-state index contributed by atoms with van der Waals surface area (Å²) in [6.45, 7) is 2.16. The summed E-state index contributed by atoms with van der Waals surface area (Å²) in [4.78, 5) is 30.5. The van der Waals surface area contributed by atoms with E-state index in [1.54, 1.807) is 41.3 Å². The Hall–Kier alpha value is -3.23. The molecule has 2 amide bonds. The molecule has 1 atom stereocenters. The zero-order valence-electron chi connectivity index (χ0n) is 17.9. The predicted octanol–water partition coefficient (Wildman–Crippen LogP) is 4.17. The number of fused-ring (bicyclic) bond motifs is 2. The van der Waals surface area contributed by atoms with Gasteiger partial charge in [-0.3, -0.25) is 4.79 Å². The van der Waals surface area contributed by atoms with Gasteiger partial charge in [-0.1, -0.05) is 11.6 Å². The highest BCUT2D eigenvalue weighted by molar-refractivity contribution is 6.30. The lowest BCUT2D eigenvalue weighted by atomic mass is 10.1. The van der Waals surface area contributed by atoms with Crippen molar-refractivity contribution >= 4 is 34.2 Å². The van der Waals surface area contributed by atoms with Gasteiger partial charge in [0.25, 0.3) is 5.56 Å². The summed E-state index contributed by atoms with van der Waals surface area (Å²) in [5.74, 6) is 1.25. The van der Waals surface area contributed by atoms with Crippen molar-refractivity contribution in [2.45, 2.75) is 25.5 Å². The molecule has 5 rings (SSSR count). The molecule has 0 aliphatic carbocycles. The molecule has 33 heavy (non-hydrogen) atoms. The van der Waals surface area contributed by atoms with Crippen molar-refractivity contribution in [1.82, 2.24) is 9.88 Å². The standard InChI is InChI=1S/C24H24ClN3O5/c25-17-3-5-18(6-4-17)26-24(30)28(14-19-2-1-7-31-19)13-16-10-15-11-21-22(33-9-8-32-21)12-20(15)27-23(16)29/h3-6,10-12,19H,1-2,7-9,13-14H2,(H,26,30)(H,27,29)/t19-/m0/s1. The van der Waals surface area contributed by atoms with Crippen molar-refractivity contribution < 1.29 is 19.0 Å². The SMILES string of the molecule is O=C(Nc1ccc(Cl)cc1)N(Cc1cc2cc3c(cc2[nH]c1=O)OCCO3)C[C@@H]1CCCO1. The van der Waals surface area contributed by atoms with Crippen molar-refractivity contribution in [3.05, 3.63) is 63.4 Å². The lowest BCUT2D eigenvalue weighted by Gasteiger charge is -2.26. The van der Waals surface area contributed by atoms with Crippen LogP contribution >= 0.6 is 11.6 Å². The number of aromatic amines is 1. The number of hydrogen-bond acceptors (Lipinski definition) is 5. The Morgan fingerprint density at radius 3 is 2.58 bits per heavy atom. The van der Waals surface area contributed by atoms with Crippen LogP contribution in [0.1, 0.15) is 18.4 Å². The van der Waals surface area contributed by atoms with Crippen molar-refractivity contribution in [1.29, 1.82) is 0 Å². The zero-order valence-corrected chi connectivity index (χ0v) is 18.7. The summed E-state index contributed by atoms with van der Waals surface area (Å²) >= 11 is 5.95. The van der Waals surface area contributed by atoms with Crippen LogP contribution in [0.2, 0.25) is 5.02 Å². The van der Waals surface area contributed by atoms with Gasteiger partial charge in [-0.15, -0.1) is 0 Å². The molecule has 0 unspecified atom stereocenters. The van der Waals surface area contributed by atoms with Crippen LogP contribution in [0.15, 0.2) is 47.3 Å². The van der Waals surface area contributed by atoms with Gasteiger partial charge in [0.1, 0.15) is 13.2 Å². The molecule has 8 nitrogen and oxygen atoms in total. The van der Waals surface area contributed by atoms with Gasteiger partial charge < -0.3 is 29.4 Å². The normalized spacial score (nSPS) is 17.2. The van der Waals surface area contributed by atoms with E-state index in [1.807, 2.05) is 6.07 Å². The molecule has 0 radical (unpaired) electrons. The summed E-state index contributed by atoms with van der Waals surface area (Å²) in [5.41, 5.74) is 1.50. The molecule has 1 fully saturated rings. The number of ether oxygens (including phenoxy) is 3. The van der Waals surface area contributed by atoms with Crippen LogP contribution in [-0.4, -0.2) is 48.4 Å². The van der Waals surface area contributed by atoms with E-state index < -0.39 is 0 Å². The van der Waals surface area contributed by atoms with Crippen LogP contribution in [0.25, 0.3) is 10.9 Å². The average molecular weight is 470 g/mol. The Labute approximate surface area is 195 Å². The number of H-pyrrole nitrogens is 1. The number of rotatable bonds is 5. The summed E-state index contributed by atoms with van der Waals surface area (Å²) in [6.07, 6.45) is 1.78. The number of urea groups is 1. The maximum absolute atomic E-state index is 13.1. The number of nitrogens with zero attached hydrogens (tertiary/aromatic N) is 1. The van der Waals surface area contributed by atoms with E-state index >= 15 is 0 Å². The summed E-state index contributed by atoms with van der Waals surface area (Å²) in [7, 11) is 0. The first-order valence-corrected chi connectivity index (χ1v) is 11.3. The first-order valence-electron chi connectivity index (χ1n) is 10.9. The molecular weight excluding hydrogens is 446 g/mol. The summed E-state index contributed by atoms with van der Waals surface area (Å²) in [6, 6.07) is 12.0. The van der Waals surface area contributed by atoms with Gasteiger partial charge in [0, 0.05) is 40.9 Å². The molecule has 1 aromatic heterocycles. The number of halogens is 1. The molecule has 9 heteroatoms. The Balaban J connectivity index is 1.42. The average Bonchev–Trinajstić information content (AvgIpc) is 3.32. The van der Waals surface area contributed by atoms with Crippen molar-refractivity contribution in [3.8, 4) is 11.5 Å². The molecule has 2 aliphatic heterocycles. The second kappa shape index (κ2) is 9.33. The van der Waals surface area contributed by atoms with Crippen LogP contribution in [0.4, 0.5) is 10.5 Å². The van der Waals surface area contributed by atoms with E-state index in [9.17, 15) is 9.59 Å². The van der Waals surface area contributed by atoms with E-state index in [1.165, 1.54) is 0 Å². The van der Waals surface area contributed by atoms with Crippen LogP contribution in [0, 0.1) is 0 Å². The Morgan fingerprint density at radius 2 is 1.85 bits per heavy atom. The number of nitrogens with one attached hydrogen (secondary N) is 2. The minimum atomic E-state index is -0.311. The van der Waals surface area contributed by atoms with Crippen molar-refractivity contribution in [2.75, 3.05) is 31.7 Å². The topological polar surface area (TPSA) is 92.9 Å². The Kier molecular flexibility index (Phi) is 6.11. The summed E-state index contributed by atoms with van der Waals surface area (Å²) in [5, 5.41) is 4.28. The number of carbonyl (C=O) groups excluding carboxylic acids is 1. The van der Waals surface area contributed by atoms with Crippen LogP contribution < -0.4 is 20.3 Å². The number of carbonyl (C=O) groups is 1. The summed E-state index contributed by atoms with van der Waals surface area (Å²) < 4.78 is 17.0. The maximum atomic E-state index is 13.1. The van der Waals surface area contributed by atoms with E-state index in [4.69, 9.17) is 25.8 Å². The van der Waals surface area contributed by atoms with Gasteiger partial charge >= 0.3 is 6.03 Å². The molecule has 1 saturated heterocycles. The van der Waals surface area contributed by atoms with E-state index in [2.05, 4.69) is 10.3 Å². The number of pyridine rings is 1. The molecule has 0 bridgehead atoms. The van der Waals surface area contributed by atoms with E-state index in [0.717, 1.165) is 18.2 Å². The third-order valence-electron chi connectivity index (χ3n) is 5.78. The fraction of sp³-hybridized carbons (Fsp3) is 0.333. The fourth-order valence-electron chi connectivity index (χ4n) is 4.10. The third kappa shape index (κ3) is 4.91. The molecule has 3 aromatic rings. The maximum Gasteiger partial charge on any atom is 0.322 e. The van der Waals surface area contributed by atoms with Gasteiger partial charge in [0.15, 0.2) is 11.5 Å². The quantitative estimate of drug-likeness (QED) is 0.585.